The van der Waals surface area contributed by atoms with Crippen LogP contribution in [0.15, 0.2) is 50.9 Å². The Morgan fingerprint density at radius 2 is 2.11 bits per heavy atom. The van der Waals surface area contributed by atoms with Gasteiger partial charge in [0, 0.05) is 15.6 Å². The van der Waals surface area contributed by atoms with Gasteiger partial charge in [-0.1, -0.05) is 29.4 Å². The Hall–Kier alpha value is -0.550. The molecular weight excluding hydrogens is 334 g/mol. The molecule has 0 aliphatic carbocycles. The molecule has 0 saturated heterocycles. The van der Waals surface area contributed by atoms with Gasteiger partial charge in [-0.3, -0.25) is 0 Å². The first-order valence-corrected chi connectivity index (χ1v) is 7.32. The molecule has 1 aromatic heterocycles. The molecule has 0 radical (unpaired) electrons. The smallest absolute Gasteiger partial charge is 0.101 e. The summed E-state index contributed by atoms with van der Waals surface area (Å²) in [4.78, 5) is 5.28. The van der Waals surface area contributed by atoms with E-state index in [9.17, 15) is 5.11 Å². The molecule has 1 aromatic carbocycles. The lowest BCUT2D eigenvalue weighted by Crippen LogP contribution is -1.91. The minimum Gasteiger partial charge on any atom is -0.389 e. The molecule has 94 valence electrons. The van der Waals surface area contributed by atoms with Crippen molar-refractivity contribution in [1.29, 1.82) is 0 Å². The first-order valence-electron chi connectivity index (χ1n) is 5.33. The second-order valence-electron chi connectivity index (χ2n) is 3.78. The predicted octanol–water partition coefficient (Wildman–Crippen LogP) is 4.70. The number of benzene rings is 1. The number of hydrogen-bond donors (Lipinski definition) is 1. The minimum atomic E-state index is -0.464. The van der Waals surface area contributed by atoms with Gasteiger partial charge >= 0.3 is 0 Å². The van der Waals surface area contributed by atoms with E-state index < -0.39 is 6.10 Å². The SMILES string of the molecule is C[C@H](O)c1ccc(Sc2ccc(Cl)cn2)c(Br)c1. The van der Waals surface area contributed by atoms with E-state index in [1.807, 2.05) is 30.3 Å². The lowest BCUT2D eigenvalue weighted by Gasteiger charge is -2.08. The number of halogens is 2. The molecule has 0 amide bonds. The van der Waals surface area contributed by atoms with Crippen LogP contribution in [-0.2, 0) is 0 Å². The molecular formula is C13H11BrClNOS. The Morgan fingerprint density at radius 3 is 2.67 bits per heavy atom. The topological polar surface area (TPSA) is 33.1 Å². The van der Waals surface area contributed by atoms with Gasteiger partial charge in [-0.05, 0) is 52.7 Å². The van der Waals surface area contributed by atoms with Crippen LogP contribution in [0.2, 0.25) is 5.02 Å². The fourth-order valence-electron chi connectivity index (χ4n) is 1.40. The molecule has 2 nitrogen and oxygen atoms in total. The highest BCUT2D eigenvalue weighted by atomic mass is 79.9. The third-order valence-electron chi connectivity index (χ3n) is 2.35. The monoisotopic (exact) mass is 343 g/mol. The zero-order valence-electron chi connectivity index (χ0n) is 9.60. The van der Waals surface area contributed by atoms with Crippen LogP contribution >= 0.6 is 39.3 Å². The summed E-state index contributed by atoms with van der Waals surface area (Å²) in [5.74, 6) is 0. The van der Waals surface area contributed by atoms with E-state index in [-0.39, 0.29) is 0 Å². The van der Waals surface area contributed by atoms with E-state index in [1.54, 1.807) is 24.9 Å². The van der Waals surface area contributed by atoms with Gasteiger partial charge in [0.15, 0.2) is 0 Å². The second-order valence-corrected chi connectivity index (χ2v) is 6.14. The summed E-state index contributed by atoms with van der Waals surface area (Å²) < 4.78 is 0.947. The number of aromatic nitrogens is 1. The maximum absolute atomic E-state index is 9.50. The maximum atomic E-state index is 9.50. The van der Waals surface area contributed by atoms with Crippen molar-refractivity contribution in [3.63, 3.8) is 0 Å². The van der Waals surface area contributed by atoms with Crippen molar-refractivity contribution in [2.45, 2.75) is 22.9 Å². The summed E-state index contributed by atoms with van der Waals surface area (Å²) in [7, 11) is 0. The van der Waals surface area contributed by atoms with Gasteiger partial charge in [-0.25, -0.2) is 4.98 Å². The van der Waals surface area contributed by atoms with Crippen LogP contribution in [0.1, 0.15) is 18.6 Å². The molecule has 0 spiro atoms. The van der Waals surface area contributed by atoms with Crippen LogP contribution in [-0.4, -0.2) is 10.1 Å². The van der Waals surface area contributed by atoms with Crippen molar-refractivity contribution in [3.8, 4) is 0 Å². The molecule has 1 heterocycles. The second kappa shape index (κ2) is 6.06. The highest BCUT2D eigenvalue weighted by molar-refractivity contribution is 9.10. The van der Waals surface area contributed by atoms with Gasteiger partial charge in [0.1, 0.15) is 5.03 Å². The maximum Gasteiger partial charge on any atom is 0.101 e. The molecule has 0 aliphatic rings. The van der Waals surface area contributed by atoms with Gasteiger partial charge in [-0.15, -0.1) is 0 Å². The highest BCUT2D eigenvalue weighted by Crippen LogP contribution is 2.34. The van der Waals surface area contributed by atoms with Crippen molar-refractivity contribution in [3.05, 3.63) is 51.6 Å². The average molecular weight is 345 g/mol. The molecule has 5 heteroatoms. The van der Waals surface area contributed by atoms with Crippen LogP contribution in [0, 0.1) is 0 Å². The van der Waals surface area contributed by atoms with E-state index in [0.717, 1.165) is 20.0 Å². The number of pyridine rings is 1. The quantitative estimate of drug-likeness (QED) is 0.876. The lowest BCUT2D eigenvalue weighted by molar-refractivity contribution is 0.199. The third kappa shape index (κ3) is 3.48. The fourth-order valence-corrected chi connectivity index (χ4v) is 2.91. The molecule has 0 unspecified atom stereocenters. The standard InChI is InChI=1S/C13H11BrClNOS/c1-8(17)9-2-4-12(11(14)6-9)18-13-5-3-10(15)7-16-13/h2-8,17H,1H3/t8-/m0/s1. The van der Waals surface area contributed by atoms with Crippen molar-refractivity contribution in [1.82, 2.24) is 4.98 Å². The number of nitrogens with zero attached hydrogens (tertiary/aromatic N) is 1. The van der Waals surface area contributed by atoms with Crippen molar-refractivity contribution >= 4 is 39.3 Å². The first-order chi connectivity index (χ1) is 8.56. The lowest BCUT2D eigenvalue weighted by atomic mass is 10.1. The molecule has 0 bridgehead atoms. The summed E-state index contributed by atoms with van der Waals surface area (Å²) in [5.41, 5.74) is 0.885. The highest BCUT2D eigenvalue weighted by Gasteiger charge is 2.07. The van der Waals surface area contributed by atoms with Crippen LogP contribution in [0.25, 0.3) is 0 Å². The fraction of sp³-hybridized carbons (Fsp3) is 0.154. The third-order valence-corrected chi connectivity index (χ3v) is 4.52. The average Bonchev–Trinajstić information content (AvgIpc) is 2.34. The summed E-state index contributed by atoms with van der Waals surface area (Å²) >= 11 is 10.8. The molecule has 1 atom stereocenters. The van der Waals surface area contributed by atoms with E-state index in [4.69, 9.17) is 11.6 Å². The Bertz CT molecular complexity index is 545. The zero-order chi connectivity index (χ0) is 13.1. The van der Waals surface area contributed by atoms with Crippen molar-refractivity contribution < 1.29 is 5.11 Å². The number of rotatable bonds is 3. The summed E-state index contributed by atoms with van der Waals surface area (Å²) in [6.45, 7) is 1.75. The molecule has 18 heavy (non-hydrogen) atoms. The normalized spacial score (nSPS) is 12.4. The summed E-state index contributed by atoms with van der Waals surface area (Å²) in [6, 6.07) is 9.49. The van der Waals surface area contributed by atoms with Crippen LogP contribution in [0.3, 0.4) is 0 Å². The van der Waals surface area contributed by atoms with Crippen LogP contribution in [0.4, 0.5) is 0 Å². The molecule has 0 aliphatic heterocycles. The van der Waals surface area contributed by atoms with Gasteiger partial charge in [0.25, 0.3) is 0 Å². The Kier molecular flexibility index (Phi) is 4.67. The molecule has 1 N–H and O–H groups in total. The van der Waals surface area contributed by atoms with Crippen molar-refractivity contribution in [2.75, 3.05) is 0 Å². The number of aliphatic hydroxyl groups is 1. The Morgan fingerprint density at radius 1 is 1.33 bits per heavy atom. The molecule has 0 fully saturated rings. The van der Waals surface area contributed by atoms with Crippen LogP contribution < -0.4 is 0 Å². The Labute approximate surface area is 124 Å². The minimum absolute atomic E-state index is 0.464. The van der Waals surface area contributed by atoms with Gasteiger partial charge in [0.05, 0.1) is 11.1 Å². The zero-order valence-corrected chi connectivity index (χ0v) is 12.8. The van der Waals surface area contributed by atoms with E-state index in [2.05, 4.69) is 20.9 Å². The predicted molar refractivity (Wildman–Crippen MR) is 78.1 cm³/mol. The van der Waals surface area contributed by atoms with Crippen molar-refractivity contribution in [2.24, 2.45) is 0 Å². The summed E-state index contributed by atoms with van der Waals surface area (Å²) in [6.07, 6.45) is 1.16. The van der Waals surface area contributed by atoms with Gasteiger partial charge < -0.3 is 5.11 Å². The Balaban J connectivity index is 2.22. The molecule has 2 rings (SSSR count). The number of aliphatic hydroxyl groups excluding tert-OH is 1. The first kappa shape index (κ1) is 13.9. The van der Waals surface area contributed by atoms with Crippen LogP contribution in [0.5, 0.6) is 0 Å². The summed E-state index contributed by atoms with van der Waals surface area (Å²) in [5, 5.41) is 11.0. The number of hydrogen-bond acceptors (Lipinski definition) is 3. The largest absolute Gasteiger partial charge is 0.389 e. The van der Waals surface area contributed by atoms with Gasteiger partial charge in [-0.2, -0.15) is 0 Å². The molecule has 0 saturated carbocycles. The molecule has 2 aromatic rings. The van der Waals surface area contributed by atoms with E-state index in [0.29, 0.717) is 5.02 Å². The van der Waals surface area contributed by atoms with E-state index in [1.165, 1.54) is 0 Å². The van der Waals surface area contributed by atoms with Gasteiger partial charge in [0.2, 0.25) is 0 Å². The van der Waals surface area contributed by atoms with E-state index >= 15 is 0 Å².